The summed E-state index contributed by atoms with van der Waals surface area (Å²) in [6, 6.07) is 12.8. The summed E-state index contributed by atoms with van der Waals surface area (Å²) < 4.78 is 7.37. The number of aldehydes is 1. The monoisotopic (exact) mass is 350 g/mol. The Bertz CT molecular complexity index is 1160. The molecule has 0 unspecified atom stereocenters. The molecule has 0 bridgehead atoms. The molecule has 0 fully saturated rings. The summed E-state index contributed by atoms with van der Waals surface area (Å²) in [5.41, 5.74) is 1.78. The molecule has 0 aliphatic carbocycles. The fourth-order valence-corrected chi connectivity index (χ4v) is 3.74. The van der Waals surface area contributed by atoms with Crippen molar-refractivity contribution in [2.24, 2.45) is 0 Å². The van der Waals surface area contributed by atoms with Gasteiger partial charge in [-0.2, -0.15) is 0 Å². The van der Waals surface area contributed by atoms with Crippen LogP contribution in [0.1, 0.15) is 21.7 Å². The lowest BCUT2D eigenvalue weighted by Crippen LogP contribution is -2.16. The van der Waals surface area contributed by atoms with Gasteiger partial charge in [-0.25, -0.2) is 4.98 Å². The van der Waals surface area contributed by atoms with Crippen molar-refractivity contribution < 1.29 is 9.53 Å². The van der Waals surface area contributed by atoms with E-state index in [2.05, 4.69) is 4.98 Å². The molecule has 6 heteroatoms. The minimum Gasteiger partial charge on any atom is -0.487 e. The normalized spacial score (nSPS) is 11.1. The van der Waals surface area contributed by atoms with Gasteiger partial charge >= 0.3 is 0 Å². The molecule has 0 saturated carbocycles. The number of fused-ring (bicyclic) bond motifs is 2. The SMILES string of the molecule is Cc1csc2nc(COc3ccc4ccccc4c3C=O)cc(=O)n12. The van der Waals surface area contributed by atoms with E-state index in [4.69, 9.17) is 4.74 Å². The molecule has 4 rings (SSSR count). The number of rotatable bonds is 4. The van der Waals surface area contributed by atoms with Gasteiger partial charge in [-0.05, 0) is 23.8 Å². The van der Waals surface area contributed by atoms with Gasteiger partial charge in [0.25, 0.3) is 5.56 Å². The smallest absolute Gasteiger partial charge is 0.259 e. The van der Waals surface area contributed by atoms with Gasteiger partial charge in [-0.3, -0.25) is 14.0 Å². The standard InChI is InChI=1S/C19H14N2O3S/c1-12-11-25-19-20-14(8-18(23)21(12)19)10-24-17-7-6-13-4-2-3-5-15(13)16(17)9-22/h2-9,11H,10H2,1H3. The molecule has 0 saturated heterocycles. The number of nitrogens with zero attached hydrogens (tertiary/aromatic N) is 2. The molecule has 25 heavy (non-hydrogen) atoms. The second-order valence-electron chi connectivity index (χ2n) is 5.69. The lowest BCUT2D eigenvalue weighted by atomic mass is 10.0. The Morgan fingerprint density at radius 2 is 2.08 bits per heavy atom. The highest BCUT2D eigenvalue weighted by atomic mass is 32.1. The summed E-state index contributed by atoms with van der Waals surface area (Å²) in [5, 5.41) is 3.71. The van der Waals surface area contributed by atoms with Crippen molar-refractivity contribution in [1.29, 1.82) is 0 Å². The summed E-state index contributed by atoms with van der Waals surface area (Å²) >= 11 is 1.41. The predicted octanol–water partition coefficient (Wildman–Crippen LogP) is 3.61. The molecule has 2 aromatic carbocycles. The van der Waals surface area contributed by atoms with E-state index < -0.39 is 0 Å². The van der Waals surface area contributed by atoms with Crippen molar-refractivity contribution in [3.63, 3.8) is 0 Å². The Kier molecular flexibility index (Phi) is 3.82. The van der Waals surface area contributed by atoms with Gasteiger partial charge in [0.1, 0.15) is 12.4 Å². The van der Waals surface area contributed by atoms with Gasteiger partial charge < -0.3 is 4.74 Å². The number of carbonyl (C=O) groups is 1. The lowest BCUT2D eigenvalue weighted by Gasteiger charge is -2.10. The second kappa shape index (κ2) is 6.14. The van der Waals surface area contributed by atoms with Crippen molar-refractivity contribution in [1.82, 2.24) is 9.38 Å². The summed E-state index contributed by atoms with van der Waals surface area (Å²) in [6.07, 6.45) is 0.797. The lowest BCUT2D eigenvalue weighted by molar-refractivity contribution is 0.112. The van der Waals surface area contributed by atoms with Crippen LogP contribution in [0.25, 0.3) is 15.7 Å². The number of carbonyl (C=O) groups excluding carboxylic acids is 1. The molecule has 0 spiro atoms. The van der Waals surface area contributed by atoms with Crippen molar-refractivity contribution in [3.8, 4) is 5.75 Å². The minimum atomic E-state index is -0.128. The average Bonchev–Trinajstić information content (AvgIpc) is 3.00. The number of aromatic nitrogens is 2. The fourth-order valence-electron chi connectivity index (χ4n) is 2.85. The molecule has 5 nitrogen and oxygen atoms in total. The Morgan fingerprint density at radius 1 is 1.24 bits per heavy atom. The van der Waals surface area contributed by atoms with Crippen molar-refractivity contribution in [3.05, 3.63) is 75.1 Å². The van der Waals surface area contributed by atoms with Gasteiger partial charge in [-0.1, -0.05) is 30.3 Å². The van der Waals surface area contributed by atoms with Crippen LogP contribution in [0.3, 0.4) is 0 Å². The van der Waals surface area contributed by atoms with Crippen LogP contribution in [-0.4, -0.2) is 15.7 Å². The first-order valence-electron chi connectivity index (χ1n) is 7.74. The van der Waals surface area contributed by atoms with Crippen LogP contribution < -0.4 is 10.3 Å². The van der Waals surface area contributed by atoms with Crippen LogP contribution in [0.2, 0.25) is 0 Å². The maximum absolute atomic E-state index is 12.2. The van der Waals surface area contributed by atoms with E-state index in [0.717, 1.165) is 22.8 Å². The molecule has 0 aliphatic heterocycles. The first-order chi connectivity index (χ1) is 12.2. The van der Waals surface area contributed by atoms with E-state index in [0.29, 0.717) is 22.0 Å². The molecule has 2 aromatic heterocycles. The zero-order valence-corrected chi connectivity index (χ0v) is 14.2. The van der Waals surface area contributed by atoms with Crippen LogP contribution >= 0.6 is 11.3 Å². The zero-order chi connectivity index (χ0) is 17.4. The first-order valence-corrected chi connectivity index (χ1v) is 8.62. The molecular weight excluding hydrogens is 336 g/mol. The zero-order valence-electron chi connectivity index (χ0n) is 13.4. The minimum absolute atomic E-state index is 0.127. The van der Waals surface area contributed by atoms with Crippen LogP contribution in [0.15, 0.2) is 52.6 Å². The molecule has 0 amide bonds. The van der Waals surface area contributed by atoms with E-state index in [9.17, 15) is 9.59 Å². The molecule has 0 atom stereocenters. The maximum atomic E-state index is 12.2. The van der Waals surface area contributed by atoms with Crippen LogP contribution in [0.4, 0.5) is 0 Å². The third-order valence-corrected chi connectivity index (χ3v) is 5.00. The molecule has 0 aliphatic rings. The summed E-state index contributed by atoms with van der Waals surface area (Å²) in [7, 11) is 0. The van der Waals surface area contributed by atoms with Gasteiger partial charge in [0, 0.05) is 17.1 Å². The van der Waals surface area contributed by atoms with E-state index in [1.54, 1.807) is 10.5 Å². The first kappa shape index (κ1) is 15.5. The predicted molar refractivity (Wildman–Crippen MR) is 97.7 cm³/mol. The summed E-state index contributed by atoms with van der Waals surface area (Å²) in [6.45, 7) is 2.00. The molecule has 0 N–H and O–H groups in total. The maximum Gasteiger partial charge on any atom is 0.259 e. The Balaban J connectivity index is 1.69. The third kappa shape index (κ3) is 2.70. The number of aryl methyl sites for hydroxylation is 1. The van der Waals surface area contributed by atoms with Gasteiger partial charge in [0.2, 0.25) is 0 Å². The number of ether oxygens (including phenoxy) is 1. The Morgan fingerprint density at radius 3 is 2.92 bits per heavy atom. The average molecular weight is 350 g/mol. The fraction of sp³-hybridized carbons (Fsp3) is 0.105. The molecular formula is C19H14N2O3S. The van der Waals surface area contributed by atoms with Crippen molar-refractivity contribution in [2.75, 3.05) is 0 Å². The van der Waals surface area contributed by atoms with Gasteiger partial charge in [-0.15, -0.1) is 11.3 Å². The number of thiazole rings is 1. The number of hydrogen-bond donors (Lipinski definition) is 0. The quantitative estimate of drug-likeness (QED) is 0.528. The van der Waals surface area contributed by atoms with E-state index >= 15 is 0 Å². The number of hydrogen-bond acceptors (Lipinski definition) is 5. The molecule has 4 aromatic rings. The highest BCUT2D eigenvalue weighted by molar-refractivity contribution is 7.15. The summed E-state index contributed by atoms with van der Waals surface area (Å²) in [5.74, 6) is 0.484. The van der Waals surface area contributed by atoms with Crippen molar-refractivity contribution >= 4 is 33.4 Å². The summed E-state index contributed by atoms with van der Waals surface area (Å²) in [4.78, 5) is 28.8. The topological polar surface area (TPSA) is 60.7 Å². The van der Waals surface area contributed by atoms with Gasteiger partial charge in [0.05, 0.1) is 11.3 Å². The third-order valence-electron chi connectivity index (χ3n) is 4.05. The van der Waals surface area contributed by atoms with E-state index in [1.807, 2.05) is 42.6 Å². The van der Waals surface area contributed by atoms with Crippen LogP contribution in [0.5, 0.6) is 5.75 Å². The Labute approximate surface area is 147 Å². The van der Waals surface area contributed by atoms with Crippen molar-refractivity contribution in [2.45, 2.75) is 13.5 Å². The van der Waals surface area contributed by atoms with Gasteiger partial charge in [0.15, 0.2) is 11.2 Å². The van der Waals surface area contributed by atoms with E-state index in [1.165, 1.54) is 17.4 Å². The molecule has 0 radical (unpaired) electrons. The second-order valence-corrected chi connectivity index (χ2v) is 6.52. The Hall–Kier alpha value is -2.99. The van der Waals surface area contributed by atoms with Crippen LogP contribution in [0, 0.1) is 6.92 Å². The van der Waals surface area contributed by atoms with E-state index in [-0.39, 0.29) is 12.2 Å². The number of benzene rings is 2. The highest BCUT2D eigenvalue weighted by Gasteiger charge is 2.10. The largest absolute Gasteiger partial charge is 0.487 e. The highest BCUT2D eigenvalue weighted by Crippen LogP contribution is 2.27. The molecule has 124 valence electrons. The molecule has 2 heterocycles. The van der Waals surface area contributed by atoms with Crippen LogP contribution in [-0.2, 0) is 6.61 Å².